The van der Waals surface area contributed by atoms with Crippen molar-refractivity contribution >= 4 is 11.9 Å². The van der Waals surface area contributed by atoms with E-state index in [1.54, 1.807) is 0 Å². The van der Waals surface area contributed by atoms with Crippen molar-refractivity contribution in [2.45, 2.75) is 86.0 Å². The molecule has 4 unspecified atom stereocenters. The van der Waals surface area contributed by atoms with Gasteiger partial charge < -0.3 is 9.47 Å². The summed E-state index contributed by atoms with van der Waals surface area (Å²) in [6.45, 7) is 12.0. The van der Waals surface area contributed by atoms with Crippen LogP contribution in [0.25, 0.3) is 0 Å². The van der Waals surface area contributed by atoms with Gasteiger partial charge in [0.2, 0.25) is 0 Å². The summed E-state index contributed by atoms with van der Waals surface area (Å²) in [4.78, 5) is 24.6. The summed E-state index contributed by atoms with van der Waals surface area (Å²) in [5.74, 6) is 2.97. The summed E-state index contributed by atoms with van der Waals surface area (Å²) in [6.07, 6.45) is 7.97. The Balaban J connectivity index is 1.58. The maximum atomic E-state index is 12.3. The lowest BCUT2D eigenvalue weighted by molar-refractivity contribution is -0.151. The first-order valence-electron chi connectivity index (χ1n) is 11.6. The first-order valence-corrected chi connectivity index (χ1v) is 11.6. The lowest BCUT2D eigenvalue weighted by atomic mass is 9.77. The minimum atomic E-state index is -0.0161. The van der Waals surface area contributed by atoms with Crippen molar-refractivity contribution in [2.24, 2.45) is 41.4 Å². The highest BCUT2D eigenvalue weighted by atomic mass is 16.5. The van der Waals surface area contributed by atoms with E-state index in [1.807, 2.05) is 0 Å². The molecule has 0 bridgehead atoms. The van der Waals surface area contributed by atoms with E-state index in [1.165, 1.54) is 12.8 Å². The highest BCUT2D eigenvalue weighted by Gasteiger charge is 2.31. The van der Waals surface area contributed by atoms with Crippen LogP contribution in [0.15, 0.2) is 0 Å². The Kier molecular flexibility index (Phi) is 9.30. The Morgan fingerprint density at radius 1 is 0.679 bits per heavy atom. The van der Waals surface area contributed by atoms with Crippen LogP contribution in [-0.2, 0) is 19.1 Å². The molecule has 162 valence electrons. The average molecular weight is 395 g/mol. The van der Waals surface area contributed by atoms with Gasteiger partial charge in [0.1, 0.15) is 0 Å². The molecule has 0 amide bonds. The van der Waals surface area contributed by atoms with Crippen LogP contribution in [0.3, 0.4) is 0 Å². The number of carbonyl (C=O) groups excluding carboxylic acids is 2. The topological polar surface area (TPSA) is 52.6 Å². The van der Waals surface area contributed by atoms with Gasteiger partial charge >= 0.3 is 11.9 Å². The molecule has 4 nitrogen and oxygen atoms in total. The van der Waals surface area contributed by atoms with Crippen LogP contribution in [0.2, 0.25) is 0 Å². The second-order valence-electron chi connectivity index (χ2n) is 10.2. The number of esters is 2. The highest BCUT2D eigenvalue weighted by Crippen LogP contribution is 2.34. The molecule has 28 heavy (non-hydrogen) atoms. The van der Waals surface area contributed by atoms with Gasteiger partial charge in [0.15, 0.2) is 0 Å². The van der Waals surface area contributed by atoms with E-state index in [0.717, 1.165) is 38.5 Å². The van der Waals surface area contributed by atoms with Crippen LogP contribution in [-0.4, -0.2) is 25.2 Å². The second-order valence-corrected chi connectivity index (χ2v) is 10.2. The van der Waals surface area contributed by atoms with E-state index >= 15 is 0 Å². The number of rotatable bonds is 8. The molecule has 0 N–H and O–H groups in total. The Hall–Kier alpha value is -1.06. The zero-order valence-electron chi connectivity index (χ0n) is 18.7. The smallest absolute Gasteiger partial charge is 0.308 e. The summed E-state index contributed by atoms with van der Waals surface area (Å²) in [6, 6.07) is 0. The molecule has 0 saturated heterocycles. The number of hydrogen-bond acceptors (Lipinski definition) is 4. The third-order valence-electron chi connectivity index (χ3n) is 6.73. The van der Waals surface area contributed by atoms with E-state index in [-0.39, 0.29) is 23.8 Å². The summed E-state index contributed by atoms with van der Waals surface area (Å²) in [5.41, 5.74) is 0. The quantitative estimate of drug-likeness (QED) is 0.500. The molecule has 0 aromatic carbocycles. The van der Waals surface area contributed by atoms with E-state index in [9.17, 15) is 9.59 Å². The van der Waals surface area contributed by atoms with E-state index in [2.05, 4.69) is 34.6 Å². The van der Waals surface area contributed by atoms with Crippen molar-refractivity contribution in [3.8, 4) is 0 Å². The molecule has 4 atom stereocenters. The van der Waals surface area contributed by atoms with Gasteiger partial charge in [-0.15, -0.1) is 0 Å². The van der Waals surface area contributed by atoms with Crippen molar-refractivity contribution in [3.63, 3.8) is 0 Å². The fourth-order valence-corrected chi connectivity index (χ4v) is 5.38. The first-order chi connectivity index (χ1) is 13.2. The van der Waals surface area contributed by atoms with Crippen molar-refractivity contribution in [2.75, 3.05) is 13.2 Å². The standard InChI is InChI=1S/C24H42O4/c1-16(6-8-27-23(25)21-12-17(2)10-18(3)13-21)7-9-28-24(26)22-14-19(4)11-20(5)15-22/h16-22H,6-15H2,1-5H3. The minimum Gasteiger partial charge on any atom is -0.465 e. The van der Waals surface area contributed by atoms with Crippen LogP contribution in [0.5, 0.6) is 0 Å². The van der Waals surface area contributed by atoms with Crippen LogP contribution in [0.4, 0.5) is 0 Å². The zero-order valence-corrected chi connectivity index (χ0v) is 18.7. The van der Waals surface area contributed by atoms with Gasteiger partial charge in [-0.2, -0.15) is 0 Å². The predicted molar refractivity (Wildman–Crippen MR) is 112 cm³/mol. The van der Waals surface area contributed by atoms with Gasteiger partial charge in [-0.1, -0.05) is 34.6 Å². The normalized spacial score (nSPS) is 34.5. The fraction of sp³-hybridized carbons (Fsp3) is 0.917. The monoisotopic (exact) mass is 394 g/mol. The molecule has 2 aliphatic rings. The van der Waals surface area contributed by atoms with Crippen LogP contribution < -0.4 is 0 Å². The number of hydrogen-bond donors (Lipinski definition) is 0. The predicted octanol–water partition coefficient (Wildman–Crippen LogP) is 5.63. The molecule has 4 heteroatoms. The number of carbonyl (C=O) groups is 2. The second kappa shape index (κ2) is 11.2. The zero-order chi connectivity index (χ0) is 20.7. The Bertz CT molecular complexity index is 439. The van der Waals surface area contributed by atoms with Crippen LogP contribution in [0.1, 0.15) is 86.0 Å². The van der Waals surface area contributed by atoms with Crippen LogP contribution in [0, 0.1) is 41.4 Å². The van der Waals surface area contributed by atoms with Crippen molar-refractivity contribution in [1.29, 1.82) is 0 Å². The van der Waals surface area contributed by atoms with Gasteiger partial charge in [-0.25, -0.2) is 0 Å². The summed E-state index contributed by atoms with van der Waals surface area (Å²) in [7, 11) is 0. The average Bonchev–Trinajstić information content (AvgIpc) is 2.59. The molecule has 0 aromatic rings. The van der Waals surface area contributed by atoms with Gasteiger partial charge in [0, 0.05) is 0 Å². The van der Waals surface area contributed by atoms with Gasteiger partial charge in [0.05, 0.1) is 25.0 Å². The Morgan fingerprint density at radius 2 is 1.00 bits per heavy atom. The molecule has 0 aromatic heterocycles. The van der Waals surface area contributed by atoms with E-state index in [0.29, 0.717) is 42.8 Å². The number of ether oxygens (including phenoxy) is 2. The van der Waals surface area contributed by atoms with E-state index in [4.69, 9.17) is 9.47 Å². The largest absolute Gasteiger partial charge is 0.465 e. The maximum Gasteiger partial charge on any atom is 0.308 e. The molecular formula is C24H42O4. The highest BCUT2D eigenvalue weighted by molar-refractivity contribution is 5.73. The molecule has 0 radical (unpaired) electrons. The first kappa shape index (κ1) is 23.2. The molecule has 0 spiro atoms. The SMILES string of the molecule is CC(CCOC(=O)C1CC(C)CC(C)C1)CCOC(=O)C1CC(C)CC(C)C1. The van der Waals surface area contributed by atoms with Gasteiger partial charge in [0.25, 0.3) is 0 Å². The van der Waals surface area contributed by atoms with E-state index < -0.39 is 0 Å². The Labute approximate surface area is 172 Å². The lowest BCUT2D eigenvalue weighted by Crippen LogP contribution is -2.28. The summed E-state index contributed by atoms with van der Waals surface area (Å²) >= 11 is 0. The fourth-order valence-electron chi connectivity index (χ4n) is 5.38. The third kappa shape index (κ3) is 7.75. The molecule has 2 aliphatic carbocycles. The molecule has 0 heterocycles. The Morgan fingerprint density at radius 3 is 1.32 bits per heavy atom. The molecular weight excluding hydrogens is 352 g/mol. The van der Waals surface area contributed by atoms with Crippen molar-refractivity contribution < 1.29 is 19.1 Å². The summed E-state index contributed by atoms with van der Waals surface area (Å²) < 4.78 is 11.1. The lowest BCUT2D eigenvalue weighted by Gasteiger charge is -2.30. The molecule has 2 fully saturated rings. The van der Waals surface area contributed by atoms with Crippen LogP contribution >= 0.6 is 0 Å². The van der Waals surface area contributed by atoms with Gasteiger partial charge in [-0.05, 0) is 81.0 Å². The molecule has 2 saturated carbocycles. The third-order valence-corrected chi connectivity index (χ3v) is 6.73. The molecule has 2 rings (SSSR count). The van der Waals surface area contributed by atoms with Crippen molar-refractivity contribution in [1.82, 2.24) is 0 Å². The maximum absolute atomic E-state index is 12.3. The molecule has 0 aliphatic heterocycles. The van der Waals surface area contributed by atoms with Crippen molar-refractivity contribution in [3.05, 3.63) is 0 Å². The van der Waals surface area contributed by atoms with Gasteiger partial charge in [-0.3, -0.25) is 9.59 Å². The summed E-state index contributed by atoms with van der Waals surface area (Å²) in [5, 5.41) is 0. The minimum absolute atomic E-state index is 0.0161.